The monoisotopic (exact) mass is 787 g/mol. The molecule has 1 rings (SSSR count). The van der Waals surface area contributed by atoms with Crippen LogP contribution in [0, 0.1) is 0 Å². The van der Waals surface area contributed by atoms with Crippen molar-refractivity contribution in [2.45, 2.75) is 293 Å². The van der Waals surface area contributed by atoms with Crippen molar-refractivity contribution < 1.29 is 0 Å². The third-order valence-electron chi connectivity index (χ3n) is 11.9. The van der Waals surface area contributed by atoms with Gasteiger partial charge in [0.05, 0.1) is 0 Å². The maximum atomic E-state index is 2.36. The van der Waals surface area contributed by atoms with Gasteiger partial charge < -0.3 is 0 Å². The Labute approximate surface area is 350 Å². The quantitative estimate of drug-likeness (QED) is 0.0477. The van der Waals surface area contributed by atoms with E-state index in [-0.39, 0.29) is 0 Å². The molecule has 0 aliphatic rings. The van der Waals surface area contributed by atoms with Crippen LogP contribution in [0.3, 0.4) is 0 Å². The fraction of sp³-hybridized carbons (Fsp3) is 0.885. The van der Waals surface area contributed by atoms with Crippen molar-refractivity contribution in [2.75, 3.05) is 11.5 Å². The molecular weight excluding hydrogens is 689 g/mol. The number of rotatable bonds is 46. The van der Waals surface area contributed by atoms with Crippen molar-refractivity contribution >= 4 is 23.5 Å². The largest absolute Gasteiger partial charge is 0.125 e. The average molecular weight is 787 g/mol. The number of hydrogen-bond donors (Lipinski definition) is 0. The number of unbranched alkanes of at least 4 members (excludes halogenated alkanes) is 40. The fourth-order valence-corrected chi connectivity index (χ4v) is 10.4. The molecule has 0 saturated heterocycles. The molecule has 0 spiro atoms. The Morgan fingerprint density at radius 2 is 0.407 bits per heavy atom. The predicted octanol–water partition coefficient (Wildman–Crippen LogP) is 20.3. The lowest BCUT2D eigenvalue weighted by atomic mass is 10.0. The summed E-state index contributed by atoms with van der Waals surface area (Å²) >= 11 is 4.22. The molecule has 0 aromatic heterocycles. The smallest absolute Gasteiger partial charge is 0.0208 e. The Morgan fingerprint density at radius 3 is 0.593 bits per heavy atom. The van der Waals surface area contributed by atoms with E-state index in [2.05, 4.69) is 61.6 Å². The van der Waals surface area contributed by atoms with Crippen LogP contribution in [0.2, 0.25) is 0 Å². The zero-order chi connectivity index (χ0) is 38.5. The van der Waals surface area contributed by atoms with E-state index in [1.54, 1.807) is 0 Å². The highest BCUT2D eigenvalue weighted by Gasteiger charge is 2.04. The second-order valence-electron chi connectivity index (χ2n) is 17.3. The summed E-state index contributed by atoms with van der Waals surface area (Å²) in [7, 11) is 0. The molecule has 1 aromatic rings. The first kappa shape index (κ1) is 51.9. The highest BCUT2D eigenvalue weighted by Crippen LogP contribution is 2.32. The number of benzene rings is 1. The van der Waals surface area contributed by atoms with Gasteiger partial charge in [0.2, 0.25) is 0 Å². The topological polar surface area (TPSA) is 0 Å². The Bertz CT molecular complexity index is 753. The first-order valence-electron chi connectivity index (χ1n) is 25.2. The predicted molar refractivity (Wildman–Crippen MR) is 253 cm³/mol. The molecule has 0 fully saturated rings. The molecule has 0 amide bonds. The highest BCUT2D eigenvalue weighted by molar-refractivity contribution is 8.02. The Morgan fingerprint density at radius 1 is 0.241 bits per heavy atom. The summed E-state index contributed by atoms with van der Waals surface area (Å²) in [4.78, 5) is 3.05. The normalized spacial score (nSPS) is 11.6. The van der Waals surface area contributed by atoms with E-state index in [1.165, 1.54) is 291 Å². The second-order valence-corrected chi connectivity index (χ2v) is 19.6. The molecule has 0 aliphatic carbocycles. The van der Waals surface area contributed by atoms with Gasteiger partial charge in [0.25, 0.3) is 0 Å². The molecule has 0 unspecified atom stereocenters. The van der Waals surface area contributed by atoms with Crippen molar-refractivity contribution in [1.82, 2.24) is 0 Å². The summed E-state index contributed by atoms with van der Waals surface area (Å²) < 4.78 is 0. The van der Waals surface area contributed by atoms with Gasteiger partial charge in [-0.3, -0.25) is 0 Å². The lowest BCUT2D eigenvalue weighted by Crippen LogP contribution is -1.87. The van der Waals surface area contributed by atoms with Crippen molar-refractivity contribution in [3.63, 3.8) is 0 Å². The van der Waals surface area contributed by atoms with E-state index in [0.29, 0.717) is 0 Å². The molecule has 2 heteroatoms. The Kier molecular flexibility index (Phi) is 43.9. The standard InChI is InChI=1S/C52H98S2/c1-3-5-7-9-11-13-15-17-19-21-23-25-27-29-31-33-35-37-39-41-45-49-53-51-47-43-44-48-52(51)54-50-46-42-40-38-36-34-32-30-28-26-24-22-20-18-16-14-12-10-8-6-4-2/h43-44,47-48H,3-42,45-46,49-50H2,1-2H3. The zero-order valence-corrected chi connectivity index (χ0v) is 38.9. The summed E-state index contributed by atoms with van der Waals surface area (Å²) in [5.41, 5.74) is 0. The van der Waals surface area contributed by atoms with Crippen molar-refractivity contribution in [3.05, 3.63) is 24.3 Å². The lowest BCUT2D eigenvalue weighted by Gasteiger charge is -2.09. The molecular formula is C52H98S2. The summed E-state index contributed by atoms with van der Waals surface area (Å²) in [6, 6.07) is 9.21. The molecule has 0 N–H and O–H groups in total. The molecule has 0 bridgehead atoms. The number of thioether (sulfide) groups is 2. The highest BCUT2D eigenvalue weighted by atomic mass is 32.2. The lowest BCUT2D eigenvalue weighted by molar-refractivity contribution is 0.521. The van der Waals surface area contributed by atoms with Crippen LogP contribution < -0.4 is 0 Å². The van der Waals surface area contributed by atoms with E-state index < -0.39 is 0 Å². The molecule has 1 aromatic carbocycles. The fourth-order valence-electron chi connectivity index (χ4n) is 8.12. The summed E-state index contributed by atoms with van der Waals surface area (Å²) in [5.74, 6) is 2.58. The molecule has 0 heterocycles. The molecule has 318 valence electrons. The van der Waals surface area contributed by atoms with Gasteiger partial charge in [-0.25, -0.2) is 0 Å². The molecule has 0 nitrogen and oxygen atoms in total. The summed E-state index contributed by atoms with van der Waals surface area (Å²) in [6.45, 7) is 4.62. The minimum atomic E-state index is 1.29. The maximum absolute atomic E-state index is 2.36. The van der Waals surface area contributed by atoms with E-state index in [9.17, 15) is 0 Å². The van der Waals surface area contributed by atoms with Gasteiger partial charge >= 0.3 is 0 Å². The minimum Gasteiger partial charge on any atom is -0.125 e. The number of hydrogen-bond acceptors (Lipinski definition) is 2. The first-order chi connectivity index (χ1) is 26.9. The molecule has 0 aliphatic heterocycles. The van der Waals surface area contributed by atoms with Crippen LogP contribution in [-0.4, -0.2) is 11.5 Å². The van der Waals surface area contributed by atoms with Gasteiger partial charge in [-0.15, -0.1) is 23.5 Å². The van der Waals surface area contributed by atoms with Crippen LogP contribution in [0.5, 0.6) is 0 Å². The van der Waals surface area contributed by atoms with Gasteiger partial charge in [0, 0.05) is 9.79 Å². The van der Waals surface area contributed by atoms with Crippen molar-refractivity contribution in [1.29, 1.82) is 0 Å². The Hall–Kier alpha value is -0.0800. The third kappa shape index (κ3) is 38.8. The van der Waals surface area contributed by atoms with Gasteiger partial charge in [0.15, 0.2) is 0 Å². The van der Waals surface area contributed by atoms with Gasteiger partial charge in [-0.2, -0.15) is 0 Å². The molecule has 0 atom stereocenters. The summed E-state index contributed by atoms with van der Waals surface area (Å²) in [5, 5.41) is 0. The van der Waals surface area contributed by atoms with Gasteiger partial charge in [0.1, 0.15) is 0 Å². The maximum Gasteiger partial charge on any atom is 0.0208 e. The van der Waals surface area contributed by atoms with Crippen molar-refractivity contribution in [3.8, 4) is 0 Å². The SMILES string of the molecule is CCCCCCCCCCCCCCCCCCCCCCCSc1ccccc1SCCCCCCCCCCCCCCCCCCCCCCC. The van der Waals surface area contributed by atoms with Crippen LogP contribution in [0.15, 0.2) is 34.1 Å². The van der Waals surface area contributed by atoms with E-state index in [4.69, 9.17) is 0 Å². The summed E-state index contributed by atoms with van der Waals surface area (Å²) in [6.07, 6.45) is 61.3. The van der Waals surface area contributed by atoms with E-state index in [0.717, 1.165) is 0 Å². The molecule has 54 heavy (non-hydrogen) atoms. The minimum absolute atomic E-state index is 1.29. The van der Waals surface area contributed by atoms with Crippen LogP contribution in [0.4, 0.5) is 0 Å². The van der Waals surface area contributed by atoms with E-state index >= 15 is 0 Å². The van der Waals surface area contributed by atoms with Gasteiger partial charge in [-0.05, 0) is 36.5 Å². The van der Waals surface area contributed by atoms with Crippen molar-refractivity contribution in [2.24, 2.45) is 0 Å². The zero-order valence-electron chi connectivity index (χ0n) is 37.2. The first-order valence-corrected chi connectivity index (χ1v) is 27.2. The van der Waals surface area contributed by atoms with Crippen LogP contribution in [0.1, 0.15) is 284 Å². The van der Waals surface area contributed by atoms with Gasteiger partial charge in [-0.1, -0.05) is 283 Å². The molecule has 0 saturated carbocycles. The second kappa shape index (κ2) is 45.6. The average Bonchev–Trinajstić information content (AvgIpc) is 3.19. The third-order valence-corrected chi connectivity index (χ3v) is 14.3. The van der Waals surface area contributed by atoms with Crippen LogP contribution in [0.25, 0.3) is 0 Å². The van der Waals surface area contributed by atoms with E-state index in [1.807, 2.05) is 0 Å². The Balaban J connectivity index is 1.81. The van der Waals surface area contributed by atoms with Crippen LogP contribution >= 0.6 is 23.5 Å². The van der Waals surface area contributed by atoms with Crippen LogP contribution in [-0.2, 0) is 0 Å². The molecule has 0 radical (unpaired) electrons.